The van der Waals surface area contributed by atoms with E-state index in [2.05, 4.69) is 4.98 Å². The lowest BCUT2D eigenvalue weighted by Crippen LogP contribution is -2.44. The molecule has 0 aliphatic rings. The van der Waals surface area contributed by atoms with E-state index in [1.54, 1.807) is 25.3 Å². The molecular weight excluding hydrogens is 412 g/mol. The van der Waals surface area contributed by atoms with Crippen LogP contribution in [0.15, 0.2) is 63.3 Å². The summed E-state index contributed by atoms with van der Waals surface area (Å²) >= 11 is 7.18. The third-order valence-corrected chi connectivity index (χ3v) is 5.73. The van der Waals surface area contributed by atoms with Crippen molar-refractivity contribution >= 4 is 35.0 Å². The highest BCUT2D eigenvalue weighted by atomic mass is 35.5. The zero-order valence-corrected chi connectivity index (χ0v) is 17.2. The highest BCUT2D eigenvalue weighted by Gasteiger charge is 2.22. The molecule has 0 bridgehead atoms. The predicted molar refractivity (Wildman–Crippen MR) is 115 cm³/mol. The summed E-state index contributed by atoms with van der Waals surface area (Å²) in [5, 5.41) is 0.896. The molecule has 0 amide bonds. The number of benzene rings is 1. The minimum absolute atomic E-state index is 0.0799. The molecule has 7 nitrogen and oxygen atoms in total. The standard InChI is InChI=1S/C20H19ClN4O3S/c1-2-24-19(27)16(15(26)12-29-18-14(21)9-6-10-23-18)17(22)25(20(24)28)11-13-7-4-3-5-8-13/h3-10H,2,11-12,22H2,1H3. The lowest BCUT2D eigenvalue weighted by molar-refractivity contribution is 0.102. The Balaban J connectivity index is 2.00. The molecule has 0 fully saturated rings. The minimum atomic E-state index is -0.683. The van der Waals surface area contributed by atoms with Gasteiger partial charge in [0, 0.05) is 12.7 Å². The molecule has 0 radical (unpaired) electrons. The van der Waals surface area contributed by atoms with E-state index in [0.29, 0.717) is 10.0 Å². The number of pyridine rings is 1. The van der Waals surface area contributed by atoms with Gasteiger partial charge in [-0.3, -0.25) is 18.7 Å². The van der Waals surface area contributed by atoms with Crippen molar-refractivity contribution in [1.29, 1.82) is 0 Å². The van der Waals surface area contributed by atoms with Crippen LogP contribution in [0.3, 0.4) is 0 Å². The molecule has 2 N–H and O–H groups in total. The van der Waals surface area contributed by atoms with Crippen LogP contribution in [0.25, 0.3) is 0 Å². The number of aromatic nitrogens is 3. The third-order valence-electron chi connectivity index (χ3n) is 4.31. The molecule has 29 heavy (non-hydrogen) atoms. The maximum Gasteiger partial charge on any atom is 0.332 e. The quantitative estimate of drug-likeness (QED) is 0.457. The number of nitrogens with zero attached hydrogens (tertiary/aromatic N) is 3. The van der Waals surface area contributed by atoms with Crippen molar-refractivity contribution in [2.45, 2.75) is 25.0 Å². The summed E-state index contributed by atoms with van der Waals surface area (Å²) in [7, 11) is 0. The molecule has 3 aromatic rings. The first-order valence-electron chi connectivity index (χ1n) is 8.87. The minimum Gasteiger partial charge on any atom is -0.384 e. The maximum absolute atomic E-state index is 12.9. The Kier molecular flexibility index (Phi) is 6.56. The van der Waals surface area contributed by atoms with Crippen LogP contribution in [-0.2, 0) is 13.1 Å². The molecule has 9 heteroatoms. The highest BCUT2D eigenvalue weighted by molar-refractivity contribution is 8.00. The normalized spacial score (nSPS) is 10.8. The Morgan fingerprint density at radius 1 is 1.14 bits per heavy atom. The Hall–Kier alpha value is -2.84. The molecule has 0 aliphatic heterocycles. The number of rotatable bonds is 7. The van der Waals surface area contributed by atoms with Crippen LogP contribution in [0.5, 0.6) is 0 Å². The summed E-state index contributed by atoms with van der Waals surface area (Å²) < 4.78 is 2.27. The molecule has 0 aliphatic carbocycles. The Bertz CT molecular complexity index is 1160. The van der Waals surface area contributed by atoms with Gasteiger partial charge in [-0.05, 0) is 24.6 Å². The van der Waals surface area contributed by atoms with Gasteiger partial charge in [-0.15, -0.1) is 0 Å². The van der Waals surface area contributed by atoms with Crippen LogP contribution >= 0.6 is 23.4 Å². The van der Waals surface area contributed by atoms with Gasteiger partial charge < -0.3 is 5.73 Å². The Labute approximate surface area is 176 Å². The summed E-state index contributed by atoms with van der Waals surface area (Å²) in [4.78, 5) is 42.5. The highest BCUT2D eigenvalue weighted by Crippen LogP contribution is 2.25. The first-order valence-corrected chi connectivity index (χ1v) is 10.2. The summed E-state index contributed by atoms with van der Waals surface area (Å²) in [5.74, 6) is -0.696. The Morgan fingerprint density at radius 2 is 1.86 bits per heavy atom. The number of hydrogen-bond donors (Lipinski definition) is 1. The van der Waals surface area contributed by atoms with Gasteiger partial charge in [0.1, 0.15) is 16.4 Å². The first-order chi connectivity index (χ1) is 13.9. The van der Waals surface area contributed by atoms with E-state index in [9.17, 15) is 14.4 Å². The van der Waals surface area contributed by atoms with Crippen molar-refractivity contribution in [2.75, 3.05) is 11.5 Å². The number of nitrogens with two attached hydrogens (primary N) is 1. The molecule has 0 unspecified atom stereocenters. The second-order valence-electron chi connectivity index (χ2n) is 6.17. The fraction of sp³-hybridized carbons (Fsp3) is 0.200. The van der Waals surface area contributed by atoms with Crippen molar-refractivity contribution < 1.29 is 4.79 Å². The van der Waals surface area contributed by atoms with E-state index in [-0.39, 0.29) is 30.2 Å². The number of thioether (sulfide) groups is 1. The molecule has 2 heterocycles. The maximum atomic E-state index is 12.9. The van der Waals surface area contributed by atoms with Crippen molar-refractivity contribution in [3.05, 3.63) is 85.6 Å². The number of anilines is 1. The van der Waals surface area contributed by atoms with Crippen LogP contribution in [0.4, 0.5) is 5.82 Å². The summed E-state index contributed by atoms with van der Waals surface area (Å²) in [5.41, 5.74) is 5.54. The topological polar surface area (TPSA) is 100.0 Å². The molecule has 2 aromatic heterocycles. The fourth-order valence-electron chi connectivity index (χ4n) is 2.86. The van der Waals surface area contributed by atoms with Gasteiger partial charge in [0.15, 0.2) is 5.78 Å². The smallest absolute Gasteiger partial charge is 0.332 e. The van der Waals surface area contributed by atoms with E-state index in [4.69, 9.17) is 17.3 Å². The van der Waals surface area contributed by atoms with Gasteiger partial charge in [-0.2, -0.15) is 0 Å². The van der Waals surface area contributed by atoms with Crippen LogP contribution in [-0.4, -0.2) is 25.7 Å². The Morgan fingerprint density at radius 3 is 2.52 bits per heavy atom. The van der Waals surface area contributed by atoms with Crippen molar-refractivity contribution in [2.24, 2.45) is 0 Å². The average molecular weight is 431 g/mol. The molecule has 0 atom stereocenters. The van der Waals surface area contributed by atoms with E-state index in [1.807, 2.05) is 30.3 Å². The number of carbonyl (C=O) groups excluding carboxylic acids is 1. The summed E-state index contributed by atoms with van der Waals surface area (Å²) in [6, 6.07) is 12.6. The number of ketones is 1. The third kappa shape index (κ3) is 4.44. The van der Waals surface area contributed by atoms with Crippen LogP contribution in [0.1, 0.15) is 22.8 Å². The summed E-state index contributed by atoms with van der Waals surface area (Å²) in [6.07, 6.45) is 1.57. The van der Waals surface area contributed by atoms with Crippen molar-refractivity contribution in [3.63, 3.8) is 0 Å². The molecule has 0 spiro atoms. The van der Waals surface area contributed by atoms with E-state index in [1.165, 1.54) is 4.57 Å². The van der Waals surface area contributed by atoms with Gasteiger partial charge >= 0.3 is 5.69 Å². The fourth-order valence-corrected chi connectivity index (χ4v) is 3.90. The van der Waals surface area contributed by atoms with E-state index in [0.717, 1.165) is 21.9 Å². The van der Waals surface area contributed by atoms with Crippen molar-refractivity contribution in [3.8, 4) is 0 Å². The second kappa shape index (κ2) is 9.11. The first kappa shape index (κ1) is 20.9. The van der Waals surface area contributed by atoms with Gasteiger partial charge in [-0.25, -0.2) is 9.78 Å². The molecule has 1 aromatic carbocycles. The lowest BCUT2D eigenvalue weighted by atomic mass is 10.2. The van der Waals surface area contributed by atoms with Gasteiger partial charge in [-0.1, -0.05) is 53.7 Å². The number of nitrogen functional groups attached to an aromatic ring is 1. The average Bonchev–Trinajstić information content (AvgIpc) is 2.72. The largest absolute Gasteiger partial charge is 0.384 e. The number of halogens is 1. The SMILES string of the molecule is CCn1c(=O)c(C(=O)CSc2ncccc2Cl)c(N)n(Cc2ccccc2)c1=O. The van der Waals surface area contributed by atoms with Gasteiger partial charge in [0.2, 0.25) is 0 Å². The van der Waals surface area contributed by atoms with E-state index < -0.39 is 17.0 Å². The van der Waals surface area contributed by atoms with E-state index >= 15 is 0 Å². The number of Topliss-reactive ketones (excluding diaryl/α,β-unsaturated/α-hetero) is 1. The molecule has 3 rings (SSSR count). The molecule has 150 valence electrons. The van der Waals surface area contributed by atoms with Gasteiger partial charge in [0.05, 0.1) is 17.3 Å². The van der Waals surface area contributed by atoms with Crippen LogP contribution < -0.4 is 17.0 Å². The van der Waals surface area contributed by atoms with Gasteiger partial charge in [0.25, 0.3) is 5.56 Å². The van der Waals surface area contributed by atoms with Crippen LogP contribution in [0, 0.1) is 0 Å². The second-order valence-corrected chi connectivity index (χ2v) is 7.54. The zero-order chi connectivity index (χ0) is 21.0. The predicted octanol–water partition coefficient (Wildman–Crippen LogP) is 2.68. The summed E-state index contributed by atoms with van der Waals surface area (Å²) in [6.45, 7) is 1.96. The monoisotopic (exact) mass is 430 g/mol. The lowest BCUT2D eigenvalue weighted by Gasteiger charge is -2.15. The zero-order valence-electron chi connectivity index (χ0n) is 15.7. The van der Waals surface area contributed by atoms with Crippen LogP contribution in [0.2, 0.25) is 5.02 Å². The molecular formula is C20H19ClN4O3S. The number of hydrogen-bond acceptors (Lipinski definition) is 6. The molecule has 0 saturated heterocycles. The molecule has 0 saturated carbocycles. The number of carbonyl (C=O) groups is 1. The van der Waals surface area contributed by atoms with Crippen molar-refractivity contribution in [1.82, 2.24) is 14.1 Å².